The zero-order valence-electron chi connectivity index (χ0n) is 8.67. The minimum Gasteiger partial charge on any atom is -0.370 e. The molecule has 0 spiro atoms. The van der Waals surface area contributed by atoms with Crippen LogP contribution in [-0.2, 0) is 0 Å². The number of rotatable bonds is 4. The molecule has 72 valence electrons. The summed E-state index contributed by atoms with van der Waals surface area (Å²) in [4.78, 5) is 6.31. The fraction of sp³-hybridized carbons (Fsp3) is 0.889. The number of nitrogens with zero attached hydrogens (tertiary/aromatic N) is 2. The first-order valence-corrected chi connectivity index (χ1v) is 4.70. The van der Waals surface area contributed by atoms with Crippen molar-refractivity contribution in [3.05, 3.63) is 0 Å². The second-order valence-corrected chi connectivity index (χ2v) is 3.12. The summed E-state index contributed by atoms with van der Waals surface area (Å²) in [5.41, 5.74) is 5.79. The zero-order valence-corrected chi connectivity index (χ0v) is 8.67. The van der Waals surface area contributed by atoms with E-state index in [2.05, 4.69) is 30.7 Å². The molecule has 0 aliphatic heterocycles. The van der Waals surface area contributed by atoms with E-state index in [0.717, 1.165) is 19.5 Å². The minimum atomic E-state index is 0.445. The van der Waals surface area contributed by atoms with Crippen molar-refractivity contribution < 1.29 is 0 Å². The van der Waals surface area contributed by atoms with Gasteiger partial charge in [0.05, 0.1) is 0 Å². The molecule has 0 aliphatic carbocycles. The molecule has 0 saturated carbocycles. The van der Waals surface area contributed by atoms with E-state index < -0.39 is 0 Å². The highest BCUT2D eigenvalue weighted by atomic mass is 15.3. The van der Waals surface area contributed by atoms with Gasteiger partial charge in [-0.3, -0.25) is 4.99 Å². The van der Waals surface area contributed by atoms with Crippen molar-refractivity contribution in [2.24, 2.45) is 10.7 Å². The van der Waals surface area contributed by atoms with Gasteiger partial charge in [-0.1, -0.05) is 6.92 Å². The number of nitrogens with two attached hydrogens (primary N) is 1. The largest absolute Gasteiger partial charge is 0.370 e. The van der Waals surface area contributed by atoms with Crippen molar-refractivity contribution in [2.75, 3.05) is 13.1 Å². The first-order valence-electron chi connectivity index (χ1n) is 4.70. The molecular formula is C9H21N3. The third-order valence-electron chi connectivity index (χ3n) is 1.70. The van der Waals surface area contributed by atoms with Crippen LogP contribution < -0.4 is 5.73 Å². The third-order valence-corrected chi connectivity index (χ3v) is 1.70. The molecule has 0 aromatic carbocycles. The maximum Gasteiger partial charge on any atom is 0.191 e. The van der Waals surface area contributed by atoms with E-state index in [1.54, 1.807) is 0 Å². The van der Waals surface area contributed by atoms with Gasteiger partial charge >= 0.3 is 0 Å². The number of guanidine groups is 1. The lowest BCUT2D eigenvalue weighted by atomic mass is 10.3. The minimum absolute atomic E-state index is 0.445. The Morgan fingerprint density at radius 3 is 2.33 bits per heavy atom. The monoisotopic (exact) mass is 171 g/mol. The van der Waals surface area contributed by atoms with Crippen molar-refractivity contribution in [2.45, 2.75) is 40.2 Å². The van der Waals surface area contributed by atoms with Crippen LogP contribution in [0, 0.1) is 0 Å². The lowest BCUT2D eigenvalue weighted by Crippen LogP contribution is -2.42. The molecule has 0 fully saturated rings. The predicted octanol–water partition coefficient (Wildman–Crippen LogP) is 1.44. The van der Waals surface area contributed by atoms with Gasteiger partial charge in [0.2, 0.25) is 0 Å². The molecule has 0 saturated heterocycles. The van der Waals surface area contributed by atoms with Gasteiger partial charge in [0.25, 0.3) is 0 Å². The number of hydrogen-bond donors (Lipinski definition) is 1. The second kappa shape index (κ2) is 5.86. The Labute approximate surface area is 75.7 Å². The summed E-state index contributed by atoms with van der Waals surface area (Å²) >= 11 is 0. The van der Waals surface area contributed by atoms with Crippen LogP contribution in [0.5, 0.6) is 0 Å². The maximum atomic E-state index is 5.79. The van der Waals surface area contributed by atoms with Crippen LogP contribution in [0.25, 0.3) is 0 Å². The summed E-state index contributed by atoms with van der Waals surface area (Å²) in [5, 5.41) is 0. The summed E-state index contributed by atoms with van der Waals surface area (Å²) in [6.07, 6.45) is 1.11. The standard InChI is InChI=1S/C9H21N3/c1-5-7-12(8(3)4)9(10)11-6-2/h8H,5-7H2,1-4H3,(H2,10,11). The highest BCUT2D eigenvalue weighted by molar-refractivity contribution is 5.78. The number of hydrogen-bond acceptors (Lipinski definition) is 1. The molecule has 0 aromatic heterocycles. The Morgan fingerprint density at radius 2 is 2.00 bits per heavy atom. The van der Waals surface area contributed by atoms with E-state index in [1.165, 1.54) is 0 Å². The fourth-order valence-electron chi connectivity index (χ4n) is 1.13. The van der Waals surface area contributed by atoms with Gasteiger partial charge in [-0.05, 0) is 27.2 Å². The van der Waals surface area contributed by atoms with Crippen molar-refractivity contribution >= 4 is 5.96 Å². The molecule has 0 amide bonds. The SMILES string of the molecule is CCCN(C(N)=NCC)C(C)C. The van der Waals surface area contributed by atoms with Crippen LogP contribution in [0.3, 0.4) is 0 Å². The molecule has 0 radical (unpaired) electrons. The molecule has 0 aliphatic rings. The van der Waals surface area contributed by atoms with Gasteiger partial charge < -0.3 is 10.6 Å². The molecule has 2 N–H and O–H groups in total. The smallest absolute Gasteiger partial charge is 0.191 e. The average Bonchev–Trinajstić information content (AvgIpc) is 1.99. The molecule has 3 nitrogen and oxygen atoms in total. The van der Waals surface area contributed by atoms with E-state index in [1.807, 2.05) is 6.92 Å². The summed E-state index contributed by atoms with van der Waals surface area (Å²) < 4.78 is 0. The van der Waals surface area contributed by atoms with Gasteiger partial charge in [0.1, 0.15) is 0 Å². The van der Waals surface area contributed by atoms with Gasteiger partial charge in [0.15, 0.2) is 5.96 Å². The molecule has 0 heterocycles. The van der Waals surface area contributed by atoms with E-state index in [-0.39, 0.29) is 0 Å². The van der Waals surface area contributed by atoms with Crippen LogP contribution in [0.4, 0.5) is 0 Å². The molecule has 3 heteroatoms. The van der Waals surface area contributed by atoms with Crippen molar-refractivity contribution in [3.8, 4) is 0 Å². The first kappa shape index (κ1) is 11.3. The summed E-state index contributed by atoms with van der Waals surface area (Å²) in [5.74, 6) is 0.675. The zero-order chi connectivity index (χ0) is 9.56. The number of aliphatic imine (C=N–C) groups is 1. The lowest BCUT2D eigenvalue weighted by molar-refractivity contribution is 0.345. The molecule has 0 unspecified atom stereocenters. The topological polar surface area (TPSA) is 41.6 Å². The van der Waals surface area contributed by atoms with Gasteiger partial charge in [-0.25, -0.2) is 0 Å². The predicted molar refractivity (Wildman–Crippen MR) is 54.3 cm³/mol. The van der Waals surface area contributed by atoms with Crippen LogP contribution in [0.1, 0.15) is 34.1 Å². The Balaban J connectivity index is 4.18. The third kappa shape index (κ3) is 3.60. The lowest BCUT2D eigenvalue weighted by Gasteiger charge is -2.27. The normalized spacial score (nSPS) is 12.2. The van der Waals surface area contributed by atoms with E-state index >= 15 is 0 Å². The Hall–Kier alpha value is -0.730. The Bertz CT molecular complexity index is 141. The highest BCUT2D eigenvalue weighted by Crippen LogP contribution is 1.98. The van der Waals surface area contributed by atoms with Crippen molar-refractivity contribution in [1.82, 2.24) is 4.90 Å². The summed E-state index contributed by atoms with van der Waals surface area (Å²) in [6, 6.07) is 0.445. The molecule has 12 heavy (non-hydrogen) atoms. The van der Waals surface area contributed by atoms with Crippen molar-refractivity contribution in [3.63, 3.8) is 0 Å². The van der Waals surface area contributed by atoms with Crippen molar-refractivity contribution in [1.29, 1.82) is 0 Å². The van der Waals surface area contributed by atoms with E-state index in [9.17, 15) is 0 Å². The van der Waals surface area contributed by atoms with Gasteiger partial charge in [-0.2, -0.15) is 0 Å². The summed E-state index contributed by atoms with van der Waals surface area (Å²) in [7, 11) is 0. The average molecular weight is 171 g/mol. The van der Waals surface area contributed by atoms with Crippen LogP contribution >= 0.6 is 0 Å². The molecular weight excluding hydrogens is 150 g/mol. The second-order valence-electron chi connectivity index (χ2n) is 3.12. The van der Waals surface area contributed by atoms with Gasteiger partial charge in [0, 0.05) is 19.1 Å². The van der Waals surface area contributed by atoms with E-state index in [0.29, 0.717) is 12.0 Å². The quantitative estimate of drug-likeness (QED) is 0.513. The fourth-order valence-corrected chi connectivity index (χ4v) is 1.13. The Morgan fingerprint density at radius 1 is 1.42 bits per heavy atom. The molecule has 0 bridgehead atoms. The van der Waals surface area contributed by atoms with Crippen LogP contribution in [0.15, 0.2) is 4.99 Å². The molecule has 0 rings (SSSR count). The van der Waals surface area contributed by atoms with Gasteiger partial charge in [-0.15, -0.1) is 0 Å². The summed E-state index contributed by atoms with van der Waals surface area (Å²) in [6.45, 7) is 10.2. The highest BCUT2D eigenvalue weighted by Gasteiger charge is 2.09. The van der Waals surface area contributed by atoms with E-state index in [4.69, 9.17) is 5.73 Å². The molecule has 0 aromatic rings. The molecule has 0 atom stereocenters. The van der Waals surface area contributed by atoms with Crippen LogP contribution in [-0.4, -0.2) is 30.0 Å². The maximum absolute atomic E-state index is 5.79. The first-order chi connectivity index (χ1) is 5.63. The van der Waals surface area contributed by atoms with Crippen LogP contribution in [0.2, 0.25) is 0 Å². The Kier molecular flexibility index (Phi) is 5.51.